The first-order valence-electron chi connectivity index (χ1n) is 7.53. The third kappa shape index (κ3) is 3.71. The van der Waals surface area contributed by atoms with Gasteiger partial charge in [0.2, 0.25) is 5.91 Å². The van der Waals surface area contributed by atoms with Crippen LogP contribution in [0.3, 0.4) is 0 Å². The number of nitrogens with zero attached hydrogens (tertiary/aromatic N) is 3. The Hall–Kier alpha value is -2.47. The summed E-state index contributed by atoms with van der Waals surface area (Å²) in [6.45, 7) is 1.47. The minimum atomic E-state index is -0.107. The van der Waals surface area contributed by atoms with Crippen molar-refractivity contribution in [3.63, 3.8) is 0 Å². The maximum atomic E-state index is 12.2. The van der Waals surface area contributed by atoms with Gasteiger partial charge in [-0.2, -0.15) is 5.10 Å². The number of benzene rings is 1. The average molecular weight is 348 g/mol. The molecular formula is C17H18ClN3O3. The van der Waals surface area contributed by atoms with Crippen LogP contribution in [0.4, 0.5) is 0 Å². The van der Waals surface area contributed by atoms with Crippen LogP contribution in [-0.2, 0) is 18.4 Å². The smallest absolute Gasteiger partial charge is 0.246 e. The fraction of sp³-hybridized carbons (Fsp3) is 0.294. The fourth-order valence-electron chi connectivity index (χ4n) is 2.43. The number of rotatable bonds is 4. The van der Waals surface area contributed by atoms with E-state index in [1.807, 2.05) is 19.3 Å². The van der Waals surface area contributed by atoms with Gasteiger partial charge in [-0.3, -0.25) is 9.48 Å². The molecule has 1 amide bonds. The first-order valence-corrected chi connectivity index (χ1v) is 7.90. The molecular weight excluding hydrogens is 330 g/mol. The van der Waals surface area contributed by atoms with Crippen molar-refractivity contribution in [2.75, 3.05) is 20.3 Å². The van der Waals surface area contributed by atoms with E-state index in [2.05, 4.69) is 5.10 Å². The Labute approximate surface area is 145 Å². The largest absolute Gasteiger partial charge is 0.486 e. The third-order valence-corrected chi connectivity index (χ3v) is 3.87. The van der Waals surface area contributed by atoms with Gasteiger partial charge < -0.3 is 14.4 Å². The number of aryl methyl sites for hydroxylation is 1. The van der Waals surface area contributed by atoms with Crippen LogP contribution in [0.2, 0.25) is 5.02 Å². The van der Waals surface area contributed by atoms with E-state index in [9.17, 15) is 4.79 Å². The first kappa shape index (κ1) is 16.4. The highest BCUT2D eigenvalue weighted by molar-refractivity contribution is 6.32. The number of hydrogen-bond donors (Lipinski definition) is 0. The molecule has 0 atom stereocenters. The monoisotopic (exact) mass is 347 g/mol. The van der Waals surface area contributed by atoms with Gasteiger partial charge in [-0.1, -0.05) is 11.6 Å². The van der Waals surface area contributed by atoms with Gasteiger partial charge in [-0.25, -0.2) is 0 Å². The molecule has 3 rings (SSSR count). The normalized spacial score (nSPS) is 13.3. The van der Waals surface area contributed by atoms with E-state index >= 15 is 0 Å². The van der Waals surface area contributed by atoms with Crippen molar-refractivity contribution >= 4 is 23.6 Å². The highest BCUT2D eigenvalue weighted by Crippen LogP contribution is 2.38. The molecule has 1 aromatic heterocycles. The number of hydrogen-bond acceptors (Lipinski definition) is 4. The molecule has 1 aromatic carbocycles. The summed E-state index contributed by atoms with van der Waals surface area (Å²) >= 11 is 6.19. The second kappa shape index (κ2) is 6.97. The number of carbonyl (C=O) groups is 1. The molecule has 24 heavy (non-hydrogen) atoms. The van der Waals surface area contributed by atoms with Crippen LogP contribution in [0.15, 0.2) is 30.6 Å². The number of likely N-dealkylation sites (N-methyl/N-ethyl adjacent to an activating group) is 1. The topological polar surface area (TPSA) is 56.6 Å². The molecule has 0 spiro atoms. The minimum absolute atomic E-state index is 0.107. The second-order valence-electron chi connectivity index (χ2n) is 5.58. The Morgan fingerprint density at radius 3 is 2.96 bits per heavy atom. The third-order valence-electron chi connectivity index (χ3n) is 3.59. The highest BCUT2D eigenvalue weighted by atomic mass is 35.5. The van der Waals surface area contributed by atoms with E-state index in [4.69, 9.17) is 21.1 Å². The summed E-state index contributed by atoms with van der Waals surface area (Å²) < 4.78 is 12.7. The molecule has 1 aliphatic rings. The van der Waals surface area contributed by atoms with E-state index in [1.165, 1.54) is 6.08 Å². The van der Waals surface area contributed by atoms with E-state index in [0.717, 1.165) is 11.1 Å². The number of halogens is 1. The molecule has 7 heteroatoms. The summed E-state index contributed by atoms with van der Waals surface area (Å²) in [6.07, 6.45) is 6.85. The van der Waals surface area contributed by atoms with Crippen molar-refractivity contribution in [1.82, 2.24) is 14.7 Å². The quantitative estimate of drug-likeness (QED) is 0.797. The molecule has 0 unspecified atom stereocenters. The molecule has 0 saturated heterocycles. The Balaban J connectivity index is 1.68. The van der Waals surface area contributed by atoms with Gasteiger partial charge in [0.05, 0.1) is 11.2 Å². The second-order valence-corrected chi connectivity index (χ2v) is 5.98. The van der Waals surface area contributed by atoms with Crippen LogP contribution in [0.25, 0.3) is 6.08 Å². The predicted octanol–water partition coefficient (Wildman–Crippen LogP) is 2.52. The van der Waals surface area contributed by atoms with Gasteiger partial charge in [0.1, 0.15) is 13.2 Å². The standard InChI is InChI=1S/C17H18ClN3O3/c1-20(10-13-9-19-21(2)11-13)16(22)4-3-12-7-14(18)17-15(8-12)23-5-6-24-17/h3-4,7-9,11H,5-6,10H2,1-2H3/b4-3-. The van der Waals surface area contributed by atoms with Gasteiger partial charge >= 0.3 is 0 Å². The van der Waals surface area contributed by atoms with Gasteiger partial charge in [-0.15, -0.1) is 0 Å². The molecule has 0 aliphatic carbocycles. The zero-order valence-electron chi connectivity index (χ0n) is 13.5. The number of fused-ring (bicyclic) bond motifs is 1. The van der Waals surface area contributed by atoms with Gasteiger partial charge in [-0.05, 0) is 23.8 Å². The van der Waals surface area contributed by atoms with Crippen LogP contribution >= 0.6 is 11.6 Å². The van der Waals surface area contributed by atoms with E-state index < -0.39 is 0 Å². The Morgan fingerprint density at radius 1 is 1.42 bits per heavy atom. The summed E-state index contributed by atoms with van der Waals surface area (Å²) in [5, 5.41) is 4.57. The first-order chi connectivity index (χ1) is 11.5. The lowest BCUT2D eigenvalue weighted by molar-refractivity contribution is -0.125. The molecule has 0 fully saturated rings. The number of aromatic nitrogens is 2. The van der Waals surface area contributed by atoms with Crippen LogP contribution < -0.4 is 9.47 Å². The fourth-order valence-corrected chi connectivity index (χ4v) is 2.70. The minimum Gasteiger partial charge on any atom is -0.486 e. The molecule has 1 aliphatic heterocycles. The lowest BCUT2D eigenvalue weighted by Gasteiger charge is -2.19. The molecule has 6 nitrogen and oxygen atoms in total. The Kier molecular flexibility index (Phi) is 4.76. The summed E-state index contributed by atoms with van der Waals surface area (Å²) in [5.41, 5.74) is 1.76. The van der Waals surface area contributed by atoms with Crippen molar-refractivity contribution in [1.29, 1.82) is 0 Å². The molecule has 0 bridgehead atoms. The van der Waals surface area contributed by atoms with Crippen LogP contribution in [-0.4, -0.2) is 40.8 Å². The summed E-state index contributed by atoms with van der Waals surface area (Å²) in [7, 11) is 3.59. The summed E-state index contributed by atoms with van der Waals surface area (Å²) in [4.78, 5) is 13.8. The number of amides is 1. The molecule has 2 heterocycles. The SMILES string of the molecule is CN(Cc1cnn(C)c1)C(=O)/C=C\c1cc(Cl)c2c(c1)OCCO2. The average Bonchev–Trinajstić information content (AvgIpc) is 2.97. The van der Waals surface area contributed by atoms with Crippen molar-refractivity contribution in [3.05, 3.63) is 46.8 Å². The zero-order valence-corrected chi connectivity index (χ0v) is 14.3. The van der Waals surface area contributed by atoms with Crippen LogP contribution in [0.5, 0.6) is 11.5 Å². The van der Waals surface area contributed by atoms with Gasteiger partial charge in [0, 0.05) is 38.5 Å². The van der Waals surface area contributed by atoms with Gasteiger partial charge in [0.15, 0.2) is 11.5 Å². The predicted molar refractivity (Wildman–Crippen MR) is 91.2 cm³/mol. The number of ether oxygens (including phenoxy) is 2. The van der Waals surface area contributed by atoms with E-state index in [0.29, 0.717) is 36.3 Å². The Morgan fingerprint density at radius 2 is 2.21 bits per heavy atom. The van der Waals surface area contributed by atoms with Crippen LogP contribution in [0.1, 0.15) is 11.1 Å². The molecule has 126 valence electrons. The number of carbonyl (C=O) groups excluding carboxylic acids is 1. The molecule has 2 aromatic rings. The Bertz CT molecular complexity index is 785. The maximum Gasteiger partial charge on any atom is 0.246 e. The van der Waals surface area contributed by atoms with Gasteiger partial charge in [0.25, 0.3) is 0 Å². The lowest BCUT2D eigenvalue weighted by Crippen LogP contribution is -2.23. The zero-order chi connectivity index (χ0) is 17.1. The summed E-state index contributed by atoms with van der Waals surface area (Å²) in [5.74, 6) is 1.05. The summed E-state index contributed by atoms with van der Waals surface area (Å²) in [6, 6.07) is 3.56. The van der Waals surface area contributed by atoms with Crippen molar-refractivity contribution in [2.24, 2.45) is 7.05 Å². The highest BCUT2D eigenvalue weighted by Gasteiger charge is 2.16. The molecule has 0 radical (unpaired) electrons. The van der Waals surface area contributed by atoms with Crippen molar-refractivity contribution in [3.8, 4) is 11.5 Å². The van der Waals surface area contributed by atoms with E-state index in [-0.39, 0.29) is 5.91 Å². The van der Waals surface area contributed by atoms with Crippen molar-refractivity contribution in [2.45, 2.75) is 6.54 Å². The lowest BCUT2D eigenvalue weighted by atomic mass is 10.1. The maximum absolute atomic E-state index is 12.2. The van der Waals surface area contributed by atoms with Crippen molar-refractivity contribution < 1.29 is 14.3 Å². The molecule has 0 saturated carbocycles. The molecule has 0 N–H and O–H groups in total. The van der Waals surface area contributed by atoms with Crippen LogP contribution in [0, 0.1) is 0 Å². The van der Waals surface area contributed by atoms with E-state index in [1.54, 1.807) is 35.0 Å².